The van der Waals surface area contributed by atoms with Gasteiger partial charge in [-0.2, -0.15) is 13.5 Å². The Bertz CT molecular complexity index is 684. The Balaban J connectivity index is 2.45. The van der Waals surface area contributed by atoms with Crippen LogP contribution in [0, 0.1) is 5.82 Å². The third-order valence-corrected chi connectivity index (χ3v) is 4.44. The second kappa shape index (κ2) is 4.98. The Kier molecular flexibility index (Phi) is 3.54. The molecule has 1 aromatic carbocycles. The number of benzene rings is 1. The van der Waals surface area contributed by atoms with Gasteiger partial charge in [-0.25, -0.2) is 4.39 Å². The zero-order valence-electron chi connectivity index (χ0n) is 10.0. The normalized spacial score (nSPS) is 11.5. The van der Waals surface area contributed by atoms with Crippen molar-refractivity contribution in [3.05, 3.63) is 41.8 Å². The molecular formula is C11H12FN3O3S. The summed E-state index contributed by atoms with van der Waals surface area (Å²) in [5.74, 6) is -0.536. The lowest BCUT2D eigenvalue weighted by Gasteiger charge is -2.18. The van der Waals surface area contributed by atoms with E-state index in [2.05, 4.69) is 10.2 Å². The van der Waals surface area contributed by atoms with Gasteiger partial charge in [0.2, 0.25) is 0 Å². The van der Waals surface area contributed by atoms with E-state index in [4.69, 9.17) is 5.11 Å². The molecular weight excluding hydrogens is 273 g/mol. The highest BCUT2D eigenvalue weighted by Gasteiger charge is 2.26. The minimum Gasteiger partial charge on any atom is -0.392 e. The maximum Gasteiger partial charge on any atom is 0.281 e. The number of H-pyrrole nitrogens is 1. The number of hydrogen-bond donors (Lipinski definition) is 2. The highest BCUT2D eigenvalue weighted by atomic mass is 32.2. The highest BCUT2D eigenvalue weighted by Crippen LogP contribution is 2.23. The van der Waals surface area contributed by atoms with Crippen LogP contribution in [0.1, 0.15) is 5.56 Å². The van der Waals surface area contributed by atoms with E-state index in [9.17, 15) is 12.8 Å². The van der Waals surface area contributed by atoms with Crippen LogP contribution in [0.4, 0.5) is 10.1 Å². The average molecular weight is 285 g/mol. The van der Waals surface area contributed by atoms with E-state index in [1.54, 1.807) is 0 Å². The summed E-state index contributed by atoms with van der Waals surface area (Å²) in [5, 5.41) is 14.8. The summed E-state index contributed by atoms with van der Waals surface area (Å²) in [7, 11) is -2.62. The van der Waals surface area contributed by atoms with Crippen LogP contribution in [0.5, 0.6) is 0 Å². The van der Waals surface area contributed by atoms with Crippen LogP contribution >= 0.6 is 0 Å². The van der Waals surface area contributed by atoms with E-state index in [1.807, 2.05) is 0 Å². The van der Waals surface area contributed by atoms with Crippen LogP contribution in [-0.2, 0) is 16.6 Å². The van der Waals surface area contributed by atoms with Crippen LogP contribution in [0.2, 0.25) is 0 Å². The monoisotopic (exact) mass is 285 g/mol. The molecule has 6 nitrogen and oxygen atoms in total. The van der Waals surface area contributed by atoms with Gasteiger partial charge in [0.25, 0.3) is 10.0 Å². The van der Waals surface area contributed by atoms with Crippen molar-refractivity contribution in [2.75, 3.05) is 11.4 Å². The topological polar surface area (TPSA) is 86.3 Å². The molecule has 1 aromatic heterocycles. The summed E-state index contributed by atoms with van der Waals surface area (Å²) in [6.07, 6.45) is 1.23. The molecule has 102 valence electrons. The Hall–Kier alpha value is -1.93. The van der Waals surface area contributed by atoms with Crippen LogP contribution < -0.4 is 4.31 Å². The minimum absolute atomic E-state index is 0.156. The highest BCUT2D eigenvalue weighted by molar-refractivity contribution is 7.92. The molecule has 0 saturated heterocycles. The molecule has 0 aliphatic rings. The molecule has 0 amide bonds. The number of anilines is 1. The molecule has 2 N–H and O–H groups in total. The Morgan fingerprint density at radius 3 is 2.84 bits per heavy atom. The maximum atomic E-state index is 13.1. The third-order valence-electron chi connectivity index (χ3n) is 2.64. The van der Waals surface area contributed by atoms with Gasteiger partial charge < -0.3 is 5.11 Å². The summed E-state index contributed by atoms with van der Waals surface area (Å²) in [6, 6.07) is 5.21. The van der Waals surface area contributed by atoms with Crippen molar-refractivity contribution in [3.8, 4) is 0 Å². The van der Waals surface area contributed by atoms with E-state index in [-0.39, 0.29) is 16.3 Å². The van der Waals surface area contributed by atoms with Gasteiger partial charge >= 0.3 is 0 Å². The van der Waals surface area contributed by atoms with Crippen LogP contribution in [-0.4, -0.2) is 30.8 Å². The molecule has 0 fully saturated rings. The van der Waals surface area contributed by atoms with Crippen molar-refractivity contribution in [3.63, 3.8) is 0 Å². The Labute approximate surface area is 109 Å². The van der Waals surface area contributed by atoms with Crippen molar-refractivity contribution in [1.29, 1.82) is 0 Å². The molecule has 0 radical (unpaired) electrons. The predicted octanol–water partition coefficient (Wildman–Crippen LogP) is 0.866. The number of nitrogens with zero attached hydrogens (tertiary/aromatic N) is 2. The molecule has 2 aromatic rings. The molecule has 0 unspecified atom stereocenters. The van der Waals surface area contributed by atoms with Gasteiger partial charge in [-0.1, -0.05) is 6.07 Å². The summed E-state index contributed by atoms with van der Waals surface area (Å²) in [6.45, 7) is -0.456. The minimum atomic E-state index is -3.92. The lowest BCUT2D eigenvalue weighted by atomic mass is 10.3. The average Bonchev–Trinajstić information content (AvgIpc) is 2.86. The number of sulfonamides is 1. The van der Waals surface area contributed by atoms with E-state index >= 15 is 0 Å². The Morgan fingerprint density at radius 2 is 2.21 bits per heavy atom. The van der Waals surface area contributed by atoms with Crippen LogP contribution in [0.3, 0.4) is 0 Å². The Morgan fingerprint density at radius 1 is 1.47 bits per heavy atom. The van der Waals surface area contributed by atoms with Crippen LogP contribution in [0.15, 0.2) is 35.5 Å². The smallest absolute Gasteiger partial charge is 0.281 e. The molecule has 0 spiro atoms. The first kappa shape index (κ1) is 13.5. The number of aliphatic hydroxyl groups excluding tert-OH is 1. The number of aliphatic hydroxyl groups is 1. The van der Waals surface area contributed by atoms with E-state index in [0.29, 0.717) is 0 Å². The van der Waals surface area contributed by atoms with E-state index in [1.165, 1.54) is 31.4 Å². The standard InChI is InChI=1S/C11H12FN3O3S/c1-15(10-4-2-3-9(12)5-10)19(17,18)11-8(7-16)6-13-14-11/h2-6,16H,7H2,1H3,(H,13,14). The first-order chi connectivity index (χ1) is 8.96. The third kappa shape index (κ3) is 2.45. The molecule has 1 heterocycles. The van der Waals surface area contributed by atoms with Crippen molar-refractivity contribution in [2.24, 2.45) is 0 Å². The number of halogens is 1. The largest absolute Gasteiger partial charge is 0.392 e. The zero-order valence-corrected chi connectivity index (χ0v) is 10.9. The summed E-state index contributed by atoms with van der Waals surface area (Å²) in [5.41, 5.74) is 0.335. The van der Waals surface area contributed by atoms with Gasteiger partial charge in [0.15, 0.2) is 5.03 Å². The van der Waals surface area contributed by atoms with E-state index < -0.39 is 22.4 Å². The molecule has 0 saturated carbocycles. The maximum absolute atomic E-state index is 13.1. The molecule has 19 heavy (non-hydrogen) atoms. The lowest BCUT2D eigenvalue weighted by Crippen LogP contribution is -2.27. The van der Waals surface area contributed by atoms with Crippen molar-refractivity contribution in [1.82, 2.24) is 10.2 Å². The number of hydrogen-bond acceptors (Lipinski definition) is 4. The molecule has 0 aliphatic heterocycles. The number of nitrogens with one attached hydrogen (secondary N) is 1. The number of rotatable bonds is 4. The molecule has 0 bridgehead atoms. The fraction of sp³-hybridized carbons (Fsp3) is 0.182. The summed E-state index contributed by atoms with van der Waals surface area (Å²) < 4.78 is 38.7. The van der Waals surface area contributed by atoms with Crippen LogP contribution in [0.25, 0.3) is 0 Å². The molecule has 0 aliphatic carbocycles. The van der Waals surface area contributed by atoms with Crippen molar-refractivity contribution in [2.45, 2.75) is 11.6 Å². The molecule has 0 atom stereocenters. The fourth-order valence-corrected chi connectivity index (χ4v) is 2.86. The van der Waals surface area contributed by atoms with Gasteiger partial charge in [0.1, 0.15) is 5.82 Å². The summed E-state index contributed by atoms with van der Waals surface area (Å²) >= 11 is 0. The predicted molar refractivity (Wildman–Crippen MR) is 66.5 cm³/mol. The van der Waals surface area contributed by atoms with Gasteiger partial charge in [-0.15, -0.1) is 0 Å². The first-order valence-corrected chi connectivity index (χ1v) is 6.78. The lowest BCUT2D eigenvalue weighted by molar-refractivity contribution is 0.278. The fourth-order valence-electron chi connectivity index (χ4n) is 1.58. The first-order valence-electron chi connectivity index (χ1n) is 5.34. The zero-order chi connectivity index (χ0) is 14.0. The molecule has 2 rings (SSSR count). The van der Waals surface area contributed by atoms with Gasteiger partial charge in [0, 0.05) is 12.6 Å². The van der Waals surface area contributed by atoms with Crippen molar-refractivity contribution >= 4 is 15.7 Å². The summed E-state index contributed by atoms with van der Waals surface area (Å²) in [4.78, 5) is 0. The quantitative estimate of drug-likeness (QED) is 0.872. The van der Waals surface area contributed by atoms with Gasteiger partial charge in [0.05, 0.1) is 18.5 Å². The number of aromatic nitrogens is 2. The van der Waals surface area contributed by atoms with Crippen molar-refractivity contribution < 1.29 is 17.9 Å². The SMILES string of the molecule is CN(c1cccc(F)c1)S(=O)(=O)c1[nH]ncc1CO. The van der Waals surface area contributed by atoms with Gasteiger partial charge in [-0.3, -0.25) is 9.40 Å². The molecule has 8 heteroatoms. The second-order valence-corrected chi connectivity index (χ2v) is 5.74. The van der Waals surface area contributed by atoms with E-state index in [0.717, 1.165) is 10.4 Å². The second-order valence-electron chi connectivity index (χ2n) is 3.83. The van der Waals surface area contributed by atoms with Gasteiger partial charge in [-0.05, 0) is 18.2 Å². The number of aromatic amines is 1.